The Morgan fingerprint density at radius 2 is 2.00 bits per heavy atom. The molecule has 0 aliphatic heterocycles. The number of hydrogen-bond donors (Lipinski definition) is 1. The molecule has 0 aromatic heterocycles. The minimum atomic E-state index is -0.339. The van der Waals surface area contributed by atoms with E-state index < -0.39 is 0 Å². The third kappa shape index (κ3) is 4.18. The van der Waals surface area contributed by atoms with Gasteiger partial charge in [-0.1, -0.05) is 31.8 Å². The minimum absolute atomic E-state index is 0.250. The van der Waals surface area contributed by atoms with E-state index in [1.807, 2.05) is 0 Å². The molecule has 0 fully saturated rings. The molecule has 0 heterocycles. The maximum atomic E-state index is 13.4. The second kappa shape index (κ2) is 7.05. The van der Waals surface area contributed by atoms with Crippen molar-refractivity contribution in [2.24, 2.45) is 0 Å². The molecule has 0 aliphatic rings. The molecular formula is C14H18FNO. The van der Waals surface area contributed by atoms with Crippen LogP contribution < -0.4 is 0 Å². The Morgan fingerprint density at radius 3 is 2.59 bits per heavy atom. The Balaban J connectivity index is 2.88. The summed E-state index contributed by atoms with van der Waals surface area (Å²) in [6.45, 7) is 6.66. The second-order valence-electron chi connectivity index (χ2n) is 3.74. The molecule has 0 bridgehead atoms. The molecule has 1 N–H and O–H groups in total. The predicted octanol–water partition coefficient (Wildman–Crippen LogP) is 2.01. The minimum Gasteiger partial charge on any atom is -0.384 e. The van der Waals surface area contributed by atoms with Crippen molar-refractivity contribution < 1.29 is 9.50 Å². The Hall–Kier alpha value is -1.37. The topological polar surface area (TPSA) is 23.5 Å². The highest BCUT2D eigenvalue weighted by Gasteiger charge is 2.04. The standard InChI is InChI=1S/C14H18FNO/c1-3-16(4-2)11-12-7-8-14(15)13(10-12)6-5-9-17/h7-8,10,17H,3-4,9,11H2,1-2H3. The monoisotopic (exact) mass is 235 g/mol. The Bertz CT molecular complexity index is 416. The van der Waals surface area contributed by atoms with Gasteiger partial charge in [-0.25, -0.2) is 4.39 Å². The van der Waals surface area contributed by atoms with E-state index in [0.717, 1.165) is 25.2 Å². The molecule has 17 heavy (non-hydrogen) atoms. The van der Waals surface area contributed by atoms with Gasteiger partial charge in [0.25, 0.3) is 0 Å². The molecule has 1 aromatic rings. The maximum absolute atomic E-state index is 13.4. The second-order valence-corrected chi connectivity index (χ2v) is 3.74. The van der Waals surface area contributed by atoms with Crippen molar-refractivity contribution in [3.8, 4) is 11.8 Å². The van der Waals surface area contributed by atoms with Crippen LogP contribution in [0.3, 0.4) is 0 Å². The van der Waals surface area contributed by atoms with Crippen LogP contribution in [0.1, 0.15) is 25.0 Å². The van der Waals surface area contributed by atoms with Crippen LogP contribution in [-0.4, -0.2) is 29.7 Å². The third-order valence-electron chi connectivity index (χ3n) is 2.63. The summed E-state index contributed by atoms with van der Waals surface area (Å²) in [7, 11) is 0. The van der Waals surface area contributed by atoms with Gasteiger partial charge in [0.1, 0.15) is 12.4 Å². The van der Waals surface area contributed by atoms with E-state index >= 15 is 0 Å². The summed E-state index contributed by atoms with van der Waals surface area (Å²) in [5.74, 6) is 4.75. The molecule has 92 valence electrons. The van der Waals surface area contributed by atoms with Crippen molar-refractivity contribution >= 4 is 0 Å². The number of benzene rings is 1. The largest absolute Gasteiger partial charge is 0.384 e. The summed E-state index contributed by atoms with van der Waals surface area (Å²) < 4.78 is 13.4. The predicted molar refractivity (Wildman–Crippen MR) is 67.0 cm³/mol. The number of rotatable bonds is 4. The van der Waals surface area contributed by atoms with Gasteiger partial charge in [0.05, 0.1) is 5.56 Å². The highest BCUT2D eigenvalue weighted by Crippen LogP contribution is 2.11. The number of nitrogens with zero attached hydrogens (tertiary/aromatic N) is 1. The molecule has 1 rings (SSSR count). The molecule has 2 nitrogen and oxygen atoms in total. The summed E-state index contributed by atoms with van der Waals surface area (Å²) in [5.41, 5.74) is 1.39. The lowest BCUT2D eigenvalue weighted by molar-refractivity contribution is 0.295. The molecule has 0 aliphatic carbocycles. The Morgan fingerprint density at radius 1 is 1.29 bits per heavy atom. The number of halogens is 1. The number of aliphatic hydroxyl groups is 1. The molecule has 0 unspecified atom stereocenters. The molecule has 0 radical (unpaired) electrons. The number of aliphatic hydroxyl groups excluding tert-OH is 1. The summed E-state index contributed by atoms with van der Waals surface area (Å²) in [4.78, 5) is 2.25. The lowest BCUT2D eigenvalue weighted by Crippen LogP contribution is -2.22. The fourth-order valence-corrected chi connectivity index (χ4v) is 1.61. The molecule has 0 amide bonds. The normalized spacial score (nSPS) is 10.2. The Labute approximate surface area is 102 Å². The van der Waals surface area contributed by atoms with E-state index in [4.69, 9.17) is 5.11 Å². The average Bonchev–Trinajstić information content (AvgIpc) is 2.36. The maximum Gasteiger partial charge on any atom is 0.138 e. The van der Waals surface area contributed by atoms with E-state index in [1.54, 1.807) is 12.1 Å². The van der Waals surface area contributed by atoms with Crippen molar-refractivity contribution in [1.29, 1.82) is 0 Å². The quantitative estimate of drug-likeness (QED) is 0.807. The van der Waals surface area contributed by atoms with E-state index in [9.17, 15) is 4.39 Å². The van der Waals surface area contributed by atoms with Crippen molar-refractivity contribution in [1.82, 2.24) is 4.90 Å². The van der Waals surface area contributed by atoms with Crippen molar-refractivity contribution in [2.75, 3.05) is 19.7 Å². The first-order valence-electron chi connectivity index (χ1n) is 5.81. The van der Waals surface area contributed by atoms with Crippen LogP contribution >= 0.6 is 0 Å². The van der Waals surface area contributed by atoms with E-state index in [2.05, 4.69) is 30.6 Å². The zero-order chi connectivity index (χ0) is 12.7. The van der Waals surface area contributed by atoms with Gasteiger partial charge in [0, 0.05) is 6.54 Å². The fourth-order valence-electron chi connectivity index (χ4n) is 1.61. The number of hydrogen-bond acceptors (Lipinski definition) is 2. The fraction of sp³-hybridized carbons (Fsp3) is 0.429. The van der Waals surface area contributed by atoms with E-state index in [1.165, 1.54) is 6.07 Å². The molecule has 0 atom stereocenters. The first-order valence-corrected chi connectivity index (χ1v) is 5.81. The lowest BCUT2D eigenvalue weighted by atomic mass is 10.1. The van der Waals surface area contributed by atoms with Crippen molar-refractivity contribution in [3.63, 3.8) is 0 Å². The summed E-state index contributed by atoms with van der Waals surface area (Å²) in [6.07, 6.45) is 0. The van der Waals surface area contributed by atoms with Gasteiger partial charge in [-0.3, -0.25) is 4.90 Å². The van der Waals surface area contributed by atoms with Crippen LogP contribution in [0.4, 0.5) is 4.39 Å². The Kier molecular flexibility index (Phi) is 5.68. The molecular weight excluding hydrogens is 217 g/mol. The SMILES string of the molecule is CCN(CC)Cc1ccc(F)c(C#CCO)c1. The zero-order valence-electron chi connectivity index (χ0n) is 10.3. The van der Waals surface area contributed by atoms with E-state index in [-0.39, 0.29) is 12.4 Å². The molecule has 1 aromatic carbocycles. The summed E-state index contributed by atoms with van der Waals surface area (Å²) >= 11 is 0. The molecule has 0 saturated heterocycles. The van der Waals surface area contributed by atoms with Crippen molar-refractivity contribution in [2.45, 2.75) is 20.4 Å². The first-order chi connectivity index (χ1) is 8.21. The van der Waals surface area contributed by atoms with Crippen molar-refractivity contribution in [3.05, 3.63) is 35.1 Å². The first kappa shape index (κ1) is 13.7. The van der Waals surface area contributed by atoms with Gasteiger partial charge in [0.2, 0.25) is 0 Å². The highest BCUT2D eigenvalue weighted by atomic mass is 19.1. The van der Waals surface area contributed by atoms with Crippen LogP contribution in [0.15, 0.2) is 18.2 Å². The van der Waals surface area contributed by atoms with E-state index in [0.29, 0.717) is 5.56 Å². The highest BCUT2D eigenvalue weighted by molar-refractivity contribution is 5.38. The average molecular weight is 235 g/mol. The van der Waals surface area contributed by atoms with Crippen LogP contribution in [0, 0.1) is 17.7 Å². The van der Waals surface area contributed by atoms with Gasteiger partial charge in [0.15, 0.2) is 0 Å². The third-order valence-corrected chi connectivity index (χ3v) is 2.63. The van der Waals surface area contributed by atoms with Gasteiger partial charge in [-0.2, -0.15) is 0 Å². The van der Waals surface area contributed by atoms with Crippen LogP contribution in [0.5, 0.6) is 0 Å². The summed E-state index contributed by atoms with van der Waals surface area (Å²) in [5, 5.41) is 8.61. The molecule has 0 saturated carbocycles. The van der Waals surface area contributed by atoms with Gasteiger partial charge < -0.3 is 5.11 Å². The van der Waals surface area contributed by atoms with Crippen LogP contribution in [0.25, 0.3) is 0 Å². The summed E-state index contributed by atoms with van der Waals surface area (Å²) in [6, 6.07) is 4.95. The molecule has 3 heteroatoms. The van der Waals surface area contributed by atoms with Crippen LogP contribution in [0.2, 0.25) is 0 Å². The van der Waals surface area contributed by atoms with Gasteiger partial charge >= 0.3 is 0 Å². The van der Waals surface area contributed by atoms with Gasteiger partial charge in [-0.05, 0) is 30.8 Å². The molecule has 0 spiro atoms. The van der Waals surface area contributed by atoms with Crippen LogP contribution in [-0.2, 0) is 6.54 Å². The van der Waals surface area contributed by atoms with Gasteiger partial charge in [-0.15, -0.1) is 0 Å². The zero-order valence-corrected chi connectivity index (χ0v) is 10.3. The smallest absolute Gasteiger partial charge is 0.138 e. The lowest BCUT2D eigenvalue weighted by Gasteiger charge is -2.18.